The molecular formula is C23H38IN5O. The van der Waals surface area contributed by atoms with Crippen LogP contribution in [-0.4, -0.2) is 43.6 Å². The number of amides is 2. The third-order valence-corrected chi connectivity index (χ3v) is 6.06. The smallest absolute Gasteiger partial charge is 0.321 e. The van der Waals surface area contributed by atoms with E-state index in [9.17, 15) is 4.79 Å². The molecule has 1 aromatic rings. The van der Waals surface area contributed by atoms with Gasteiger partial charge in [-0.2, -0.15) is 0 Å². The summed E-state index contributed by atoms with van der Waals surface area (Å²) in [4.78, 5) is 18.5. The molecule has 0 unspecified atom stereocenters. The minimum Gasteiger partial charge on any atom is -0.356 e. The predicted molar refractivity (Wildman–Crippen MR) is 136 cm³/mol. The molecule has 1 aliphatic carbocycles. The molecule has 168 valence electrons. The summed E-state index contributed by atoms with van der Waals surface area (Å²) < 4.78 is 0. The quantitative estimate of drug-likeness (QED) is 0.203. The Balaban J connectivity index is 0.00000320. The summed E-state index contributed by atoms with van der Waals surface area (Å²) in [6, 6.07) is 8.02. The van der Waals surface area contributed by atoms with Crippen LogP contribution >= 0.6 is 24.0 Å². The lowest BCUT2D eigenvalue weighted by Crippen LogP contribution is -2.37. The zero-order chi connectivity index (χ0) is 20.3. The Bertz CT molecular complexity index is 669. The minimum atomic E-state index is 0. The second kappa shape index (κ2) is 13.7. The second-order valence-electron chi connectivity index (χ2n) is 8.32. The number of urea groups is 1. The summed E-state index contributed by atoms with van der Waals surface area (Å²) in [5.74, 6) is 1.76. The van der Waals surface area contributed by atoms with Crippen LogP contribution in [0.2, 0.25) is 0 Å². The van der Waals surface area contributed by atoms with Gasteiger partial charge in [-0.05, 0) is 49.3 Å². The molecule has 30 heavy (non-hydrogen) atoms. The van der Waals surface area contributed by atoms with Gasteiger partial charge in [0.1, 0.15) is 0 Å². The lowest BCUT2D eigenvalue weighted by atomic mass is 9.86. The van der Waals surface area contributed by atoms with E-state index in [1.807, 2.05) is 30.1 Å². The summed E-state index contributed by atoms with van der Waals surface area (Å²) in [7, 11) is 1.81. The molecule has 3 rings (SSSR count). The summed E-state index contributed by atoms with van der Waals surface area (Å²) >= 11 is 0. The predicted octanol–water partition coefficient (Wildman–Crippen LogP) is 4.96. The lowest BCUT2D eigenvalue weighted by Gasteiger charge is -2.21. The van der Waals surface area contributed by atoms with Crippen LogP contribution in [0.15, 0.2) is 29.3 Å². The number of guanidine groups is 1. The number of benzene rings is 1. The molecule has 1 aromatic carbocycles. The molecule has 1 heterocycles. The van der Waals surface area contributed by atoms with Crippen molar-refractivity contribution in [2.75, 3.05) is 32.0 Å². The van der Waals surface area contributed by atoms with E-state index in [0.717, 1.165) is 55.6 Å². The first-order chi connectivity index (χ1) is 14.2. The first-order valence-electron chi connectivity index (χ1n) is 11.3. The van der Waals surface area contributed by atoms with E-state index < -0.39 is 0 Å². The Kier molecular flexibility index (Phi) is 11.3. The van der Waals surface area contributed by atoms with Crippen LogP contribution in [0.1, 0.15) is 63.4 Å². The molecule has 0 atom stereocenters. The van der Waals surface area contributed by atoms with Crippen molar-refractivity contribution in [3.05, 3.63) is 29.8 Å². The van der Waals surface area contributed by atoms with Crippen LogP contribution in [0.25, 0.3) is 0 Å². The first-order valence-corrected chi connectivity index (χ1v) is 11.3. The van der Waals surface area contributed by atoms with Crippen molar-refractivity contribution in [2.45, 2.75) is 64.3 Å². The number of anilines is 1. The minimum absolute atomic E-state index is 0. The van der Waals surface area contributed by atoms with E-state index in [-0.39, 0.29) is 30.0 Å². The molecule has 1 saturated heterocycles. The van der Waals surface area contributed by atoms with Gasteiger partial charge >= 0.3 is 6.03 Å². The molecule has 1 saturated carbocycles. The molecule has 2 fully saturated rings. The van der Waals surface area contributed by atoms with Gasteiger partial charge in [-0.15, -0.1) is 24.0 Å². The Morgan fingerprint density at radius 2 is 1.87 bits per heavy atom. The van der Waals surface area contributed by atoms with Crippen molar-refractivity contribution in [2.24, 2.45) is 10.9 Å². The van der Waals surface area contributed by atoms with Crippen molar-refractivity contribution in [3.63, 3.8) is 0 Å². The number of aliphatic imine (C=N–C) groups is 1. The zero-order valence-corrected chi connectivity index (χ0v) is 20.6. The number of rotatable bonds is 7. The molecule has 2 amide bonds. The molecule has 2 aliphatic rings. The number of halogens is 1. The van der Waals surface area contributed by atoms with Crippen molar-refractivity contribution >= 4 is 41.7 Å². The number of nitrogens with one attached hydrogen (secondary N) is 3. The van der Waals surface area contributed by atoms with Gasteiger partial charge in [0.25, 0.3) is 0 Å². The van der Waals surface area contributed by atoms with Gasteiger partial charge in [-0.25, -0.2) is 4.79 Å². The van der Waals surface area contributed by atoms with Gasteiger partial charge in [0, 0.05) is 38.9 Å². The molecule has 0 spiro atoms. The van der Waals surface area contributed by atoms with E-state index in [0.29, 0.717) is 6.54 Å². The number of carbonyl (C=O) groups is 1. The highest BCUT2D eigenvalue weighted by Gasteiger charge is 2.17. The maximum absolute atomic E-state index is 12.3. The van der Waals surface area contributed by atoms with E-state index in [2.05, 4.69) is 27.0 Å². The molecule has 0 aromatic heterocycles. The maximum atomic E-state index is 12.3. The van der Waals surface area contributed by atoms with Gasteiger partial charge in [-0.3, -0.25) is 4.99 Å². The van der Waals surface area contributed by atoms with Gasteiger partial charge < -0.3 is 20.9 Å². The van der Waals surface area contributed by atoms with Gasteiger partial charge in [0.15, 0.2) is 5.96 Å². The van der Waals surface area contributed by atoms with Crippen molar-refractivity contribution < 1.29 is 4.79 Å². The molecule has 0 bridgehead atoms. The fraction of sp³-hybridized carbons (Fsp3) is 0.652. The fourth-order valence-corrected chi connectivity index (χ4v) is 4.36. The Labute approximate surface area is 198 Å². The van der Waals surface area contributed by atoms with E-state index >= 15 is 0 Å². The number of likely N-dealkylation sites (tertiary alicyclic amines) is 1. The maximum Gasteiger partial charge on any atom is 0.321 e. The summed E-state index contributed by atoms with van der Waals surface area (Å²) in [6.45, 7) is 3.35. The zero-order valence-electron chi connectivity index (χ0n) is 18.3. The van der Waals surface area contributed by atoms with Crippen LogP contribution < -0.4 is 16.0 Å². The van der Waals surface area contributed by atoms with Crippen molar-refractivity contribution in [3.8, 4) is 0 Å². The molecule has 6 nitrogen and oxygen atoms in total. The first kappa shape index (κ1) is 24.8. The SMILES string of the molecule is CN=C(NCCCC1CCCCC1)NCc1cccc(NC(=O)N2CCCC2)c1.I. The molecular weight excluding hydrogens is 489 g/mol. The van der Waals surface area contributed by atoms with Crippen LogP contribution in [0, 0.1) is 5.92 Å². The largest absolute Gasteiger partial charge is 0.356 e. The summed E-state index contributed by atoms with van der Waals surface area (Å²) in [6.07, 6.45) is 11.8. The molecule has 7 heteroatoms. The van der Waals surface area contributed by atoms with Crippen LogP contribution in [0.3, 0.4) is 0 Å². The lowest BCUT2D eigenvalue weighted by molar-refractivity contribution is 0.222. The van der Waals surface area contributed by atoms with E-state index in [4.69, 9.17) is 0 Å². The number of hydrogen-bond donors (Lipinski definition) is 3. The van der Waals surface area contributed by atoms with Crippen molar-refractivity contribution in [1.29, 1.82) is 0 Å². The van der Waals surface area contributed by atoms with Crippen LogP contribution in [0.5, 0.6) is 0 Å². The molecule has 1 aliphatic heterocycles. The topological polar surface area (TPSA) is 68.8 Å². The summed E-state index contributed by atoms with van der Waals surface area (Å²) in [5.41, 5.74) is 1.96. The number of nitrogens with zero attached hydrogens (tertiary/aromatic N) is 2. The van der Waals surface area contributed by atoms with Crippen molar-refractivity contribution in [1.82, 2.24) is 15.5 Å². The van der Waals surface area contributed by atoms with Gasteiger partial charge in [0.2, 0.25) is 0 Å². The third kappa shape index (κ3) is 8.32. The monoisotopic (exact) mass is 527 g/mol. The number of hydrogen-bond acceptors (Lipinski definition) is 2. The normalized spacial score (nSPS) is 17.4. The molecule has 0 radical (unpaired) electrons. The number of carbonyl (C=O) groups excluding carboxylic acids is 1. The Morgan fingerprint density at radius 3 is 2.60 bits per heavy atom. The van der Waals surface area contributed by atoms with Crippen LogP contribution in [0.4, 0.5) is 10.5 Å². The third-order valence-electron chi connectivity index (χ3n) is 6.06. The van der Waals surface area contributed by atoms with Gasteiger partial charge in [0.05, 0.1) is 0 Å². The highest BCUT2D eigenvalue weighted by Crippen LogP contribution is 2.26. The summed E-state index contributed by atoms with van der Waals surface area (Å²) in [5, 5.41) is 9.81. The fourth-order valence-electron chi connectivity index (χ4n) is 4.36. The van der Waals surface area contributed by atoms with Crippen LogP contribution in [-0.2, 0) is 6.54 Å². The average molecular weight is 527 g/mol. The van der Waals surface area contributed by atoms with E-state index in [1.165, 1.54) is 44.9 Å². The second-order valence-corrected chi connectivity index (χ2v) is 8.32. The standard InChI is InChI=1S/C23H37N5O.HI/c1-24-22(25-14-8-12-19-9-3-2-4-10-19)26-18-20-11-7-13-21(17-20)27-23(29)28-15-5-6-16-28;/h7,11,13,17,19H,2-6,8-10,12,14-16,18H2,1H3,(H,27,29)(H2,24,25,26);1H. The highest BCUT2D eigenvalue weighted by molar-refractivity contribution is 14.0. The molecule has 3 N–H and O–H groups in total. The highest BCUT2D eigenvalue weighted by atomic mass is 127. The van der Waals surface area contributed by atoms with Gasteiger partial charge in [-0.1, -0.05) is 44.2 Å². The Morgan fingerprint density at radius 1 is 1.10 bits per heavy atom. The Hall–Kier alpha value is -1.51. The van der Waals surface area contributed by atoms with E-state index in [1.54, 1.807) is 0 Å². The average Bonchev–Trinajstić information content (AvgIpc) is 3.29.